The molecule has 0 aromatic heterocycles. The van der Waals surface area contributed by atoms with Crippen LogP contribution in [0.1, 0.15) is 0 Å². The van der Waals surface area contributed by atoms with E-state index in [-0.39, 0.29) is 0 Å². The van der Waals surface area contributed by atoms with Gasteiger partial charge in [-0.05, 0) is 0 Å². The zero-order valence-electron chi connectivity index (χ0n) is 4.67. The first kappa shape index (κ1) is 8.70. The van der Waals surface area contributed by atoms with Crippen LogP contribution in [0.25, 0.3) is 0 Å². The van der Waals surface area contributed by atoms with Gasteiger partial charge in [-0.15, -0.1) is 0 Å². The number of halogens is 2. The van der Waals surface area contributed by atoms with Gasteiger partial charge in [0, 0.05) is 0 Å². The van der Waals surface area contributed by atoms with E-state index in [2.05, 4.69) is 19.6 Å². The molecule has 0 aliphatic carbocycles. The molecule has 0 bridgehead atoms. The van der Waals surface area contributed by atoms with E-state index in [0.717, 1.165) is 0 Å². The molecule has 0 radical (unpaired) electrons. The number of alkyl halides is 2. The Hall–Kier alpha value is -0.300. The van der Waals surface area contributed by atoms with Crippen LogP contribution in [-0.4, -0.2) is 20.5 Å². The topological polar surface area (TPSA) is 36.9 Å². The minimum atomic E-state index is -2.95. The van der Waals surface area contributed by atoms with Crippen molar-refractivity contribution in [3.63, 3.8) is 0 Å². The van der Waals surface area contributed by atoms with Crippen molar-refractivity contribution in [2.24, 2.45) is 0 Å². The van der Waals surface area contributed by atoms with Gasteiger partial charge in [0.15, 0.2) is 0 Å². The molecule has 56 valence electrons. The smallest absolute Gasteiger partial charge is 0.238 e. The minimum absolute atomic E-state index is 0.485. The minimum Gasteiger partial charge on any atom is -0.238 e. The van der Waals surface area contributed by atoms with Crippen LogP contribution >= 0.6 is 0 Å². The van der Waals surface area contributed by atoms with Crippen LogP contribution in [0.3, 0.4) is 0 Å². The van der Waals surface area contributed by atoms with Crippen molar-refractivity contribution in [3.8, 4) is 0 Å². The van der Waals surface area contributed by atoms with Crippen molar-refractivity contribution in [1.29, 1.82) is 0 Å². The summed E-state index contributed by atoms with van der Waals surface area (Å²) in [6.07, 6.45) is 0. The molecule has 0 atom stereocenters. The third-order valence-electron chi connectivity index (χ3n) is 0.355. The molecule has 0 amide bonds. The molecule has 0 aliphatic heterocycles. The molecule has 0 saturated carbocycles. The summed E-state index contributed by atoms with van der Waals surface area (Å²) >= 11 is 0. The Labute approximate surface area is 50.1 Å². The average molecular weight is 144 g/mol. The molecule has 0 aromatic carbocycles. The molecule has 0 heterocycles. The molecule has 0 rings (SSSR count). The summed E-state index contributed by atoms with van der Waals surface area (Å²) in [4.78, 5) is 15.0. The quantitative estimate of drug-likeness (QED) is 0.246. The lowest BCUT2D eigenvalue weighted by Gasteiger charge is -1.99. The van der Waals surface area contributed by atoms with Crippen LogP contribution < -0.4 is 0 Å². The van der Waals surface area contributed by atoms with Crippen molar-refractivity contribution in [3.05, 3.63) is 0 Å². The third-order valence-corrected chi connectivity index (χ3v) is 0.355. The highest BCUT2D eigenvalue weighted by atomic mass is 19.3. The predicted octanol–water partition coefficient (Wildman–Crippen LogP) is 0.693. The van der Waals surface area contributed by atoms with Gasteiger partial charge in [0.05, 0.1) is 7.11 Å². The lowest BCUT2D eigenvalue weighted by atomic mass is 11.5. The molecular weight excluding hydrogens is 138 g/mol. The molecule has 9 heavy (non-hydrogen) atoms. The highest BCUT2D eigenvalue weighted by Crippen LogP contribution is 1.94. The summed E-state index contributed by atoms with van der Waals surface area (Å²) < 4.78 is 22.0. The molecule has 6 heteroatoms. The van der Waals surface area contributed by atoms with Gasteiger partial charge in [0.2, 0.25) is 6.79 Å². The second-order valence-electron chi connectivity index (χ2n) is 0.877. The van der Waals surface area contributed by atoms with E-state index in [4.69, 9.17) is 0 Å². The Morgan fingerprint density at radius 3 is 2.44 bits per heavy atom. The van der Waals surface area contributed by atoms with Gasteiger partial charge in [-0.25, -0.2) is 9.78 Å². The third kappa shape index (κ3) is 7.70. The average Bonchev–Trinajstić information content (AvgIpc) is 1.80. The molecule has 0 fully saturated rings. The highest BCUT2D eigenvalue weighted by molar-refractivity contribution is 3.92. The maximum atomic E-state index is 11.0. The molecule has 0 aliphatic rings. The van der Waals surface area contributed by atoms with Gasteiger partial charge in [-0.1, -0.05) is 0 Å². The molecule has 0 unspecified atom stereocenters. The Kier molecular flexibility index (Phi) is 5.64. The maximum absolute atomic E-state index is 11.0. The van der Waals surface area contributed by atoms with Crippen molar-refractivity contribution < 1.29 is 28.3 Å². The summed E-state index contributed by atoms with van der Waals surface area (Å²) in [5, 5.41) is 0. The van der Waals surface area contributed by atoms with Gasteiger partial charge in [-0.2, -0.15) is 18.6 Å². The van der Waals surface area contributed by atoms with Gasteiger partial charge in [0.25, 0.3) is 0 Å². The van der Waals surface area contributed by atoms with Gasteiger partial charge in [-0.3, -0.25) is 0 Å². The Morgan fingerprint density at radius 1 is 1.33 bits per heavy atom. The first-order chi connectivity index (χ1) is 4.27. The Morgan fingerprint density at radius 2 is 2.00 bits per heavy atom. The standard InChI is InChI=1S/C3H6F2O4/c1-6-7-2-8-9-3(4)5/h3H,2H2,1H3. The van der Waals surface area contributed by atoms with Crippen LogP contribution in [0.2, 0.25) is 0 Å². The summed E-state index contributed by atoms with van der Waals surface area (Å²) in [5.74, 6) is 0. The van der Waals surface area contributed by atoms with Crippen molar-refractivity contribution in [2.45, 2.75) is 6.61 Å². The molecule has 0 spiro atoms. The van der Waals surface area contributed by atoms with Crippen LogP contribution in [-0.2, 0) is 19.6 Å². The van der Waals surface area contributed by atoms with Gasteiger partial charge >= 0.3 is 6.61 Å². The van der Waals surface area contributed by atoms with Crippen LogP contribution in [0, 0.1) is 0 Å². The Balaban J connectivity index is 2.75. The predicted molar refractivity (Wildman–Crippen MR) is 21.1 cm³/mol. The van der Waals surface area contributed by atoms with Gasteiger partial charge in [0.1, 0.15) is 0 Å². The van der Waals surface area contributed by atoms with Crippen molar-refractivity contribution in [2.75, 3.05) is 13.9 Å². The van der Waals surface area contributed by atoms with E-state index in [1.807, 2.05) is 0 Å². The molecular formula is C3H6F2O4. The fourth-order valence-electron chi connectivity index (χ4n) is 0.147. The largest absolute Gasteiger partial charge is 0.371 e. The second-order valence-corrected chi connectivity index (χ2v) is 0.877. The Bertz CT molecular complexity index is 59.8. The normalized spacial score (nSPS) is 10.7. The van der Waals surface area contributed by atoms with E-state index < -0.39 is 13.4 Å². The van der Waals surface area contributed by atoms with E-state index in [1.54, 1.807) is 0 Å². The fraction of sp³-hybridized carbons (Fsp3) is 1.00. The van der Waals surface area contributed by atoms with E-state index in [0.29, 0.717) is 0 Å². The fourth-order valence-corrected chi connectivity index (χ4v) is 0.147. The first-order valence-electron chi connectivity index (χ1n) is 1.99. The van der Waals surface area contributed by atoms with Crippen molar-refractivity contribution >= 4 is 0 Å². The molecule has 0 saturated heterocycles. The number of rotatable bonds is 5. The first-order valence-corrected chi connectivity index (χ1v) is 1.99. The van der Waals surface area contributed by atoms with Crippen molar-refractivity contribution in [1.82, 2.24) is 0 Å². The summed E-state index contributed by atoms with van der Waals surface area (Å²) in [5.41, 5.74) is 0. The maximum Gasteiger partial charge on any atom is 0.371 e. The summed E-state index contributed by atoms with van der Waals surface area (Å²) in [6.45, 7) is -3.44. The monoisotopic (exact) mass is 144 g/mol. The van der Waals surface area contributed by atoms with Crippen LogP contribution in [0.5, 0.6) is 0 Å². The van der Waals surface area contributed by atoms with Crippen LogP contribution in [0.15, 0.2) is 0 Å². The number of hydrogen-bond acceptors (Lipinski definition) is 4. The molecule has 0 aromatic rings. The SMILES string of the molecule is COOCOOC(F)F. The van der Waals surface area contributed by atoms with Crippen LogP contribution in [0.4, 0.5) is 8.78 Å². The molecule has 0 N–H and O–H groups in total. The lowest BCUT2D eigenvalue weighted by molar-refractivity contribution is -0.452. The molecule has 4 nitrogen and oxygen atoms in total. The zero-order chi connectivity index (χ0) is 7.11. The number of hydrogen-bond donors (Lipinski definition) is 0. The summed E-state index contributed by atoms with van der Waals surface area (Å²) in [6, 6.07) is 0. The second kappa shape index (κ2) is 5.83. The highest BCUT2D eigenvalue weighted by Gasteiger charge is 2.00. The lowest BCUT2D eigenvalue weighted by Crippen LogP contribution is -2.04. The zero-order valence-corrected chi connectivity index (χ0v) is 4.67. The van der Waals surface area contributed by atoms with E-state index in [9.17, 15) is 8.78 Å². The summed E-state index contributed by atoms with van der Waals surface area (Å²) in [7, 11) is 1.21. The van der Waals surface area contributed by atoms with E-state index >= 15 is 0 Å². The van der Waals surface area contributed by atoms with Gasteiger partial charge < -0.3 is 0 Å². The van der Waals surface area contributed by atoms with E-state index in [1.165, 1.54) is 7.11 Å².